The predicted octanol–water partition coefficient (Wildman–Crippen LogP) is 3.38. The molecule has 0 amide bonds. The van der Waals surface area contributed by atoms with Gasteiger partial charge in [0.25, 0.3) is 0 Å². The largest absolute Gasteiger partial charge is 0.316 e. The van der Waals surface area contributed by atoms with Crippen LogP contribution in [0.3, 0.4) is 0 Å². The monoisotopic (exact) mass is 266 g/mol. The topological polar surface area (TPSA) is 15.3 Å². The lowest BCUT2D eigenvalue weighted by Gasteiger charge is -2.37. The van der Waals surface area contributed by atoms with E-state index < -0.39 is 0 Å². The molecule has 0 spiro atoms. The van der Waals surface area contributed by atoms with Crippen LogP contribution in [0.1, 0.15) is 53.4 Å². The molecule has 1 aliphatic carbocycles. The molecule has 2 aliphatic rings. The molecule has 2 fully saturated rings. The molecule has 1 aliphatic heterocycles. The van der Waals surface area contributed by atoms with Gasteiger partial charge in [0.2, 0.25) is 0 Å². The van der Waals surface area contributed by atoms with Crippen LogP contribution < -0.4 is 5.32 Å². The Morgan fingerprint density at radius 3 is 2.42 bits per heavy atom. The number of rotatable bonds is 5. The van der Waals surface area contributed by atoms with Gasteiger partial charge in [-0.05, 0) is 69.0 Å². The fraction of sp³-hybridized carbons (Fsp3) is 1.00. The highest BCUT2D eigenvalue weighted by Gasteiger charge is 2.32. The minimum Gasteiger partial charge on any atom is -0.316 e. The van der Waals surface area contributed by atoms with Crippen molar-refractivity contribution in [2.24, 2.45) is 23.7 Å². The van der Waals surface area contributed by atoms with Crippen molar-refractivity contribution in [3.8, 4) is 0 Å². The summed E-state index contributed by atoms with van der Waals surface area (Å²) < 4.78 is 0. The molecule has 1 N–H and O–H groups in total. The molecule has 2 heteroatoms. The van der Waals surface area contributed by atoms with E-state index in [0.29, 0.717) is 0 Å². The Bertz CT molecular complexity index is 254. The third-order valence-corrected chi connectivity index (χ3v) is 4.97. The first-order chi connectivity index (χ1) is 9.04. The smallest absolute Gasteiger partial charge is 0.0100 e. The molecule has 3 unspecified atom stereocenters. The molecule has 19 heavy (non-hydrogen) atoms. The van der Waals surface area contributed by atoms with Crippen LogP contribution in [0.4, 0.5) is 0 Å². The van der Waals surface area contributed by atoms with Crippen LogP contribution in [0, 0.1) is 23.7 Å². The molecule has 0 bridgehead atoms. The normalized spacial score (nSPS) is 37.1. The molecule has 1 saturated carbocycles. The third kappa shape index (κ3) is 4.75. The third-order valence-electron chi connectivity index (χ3n) is 4.97. The second-order valence-corrected chi connectivity index (χ2v) is 7.77. The lowest BCUT2D eigenvalue weighted by atomic mass is 9.80. The van der Waals surface area contributed by atoms with Crippen LogP contribution in [0.15, 0.2) is 0 Å². The summed E-state index contributed by atoms with van der Waals surface area (Å²) in [5.41, 5.74) is 0. The predicted molar refractivity (Wildman–Crippen MR) is 83.4 cm³/mol. The zero-order valence-electron chi connectivity index (χ0n) is 13.5. The lowest BCUT2D eigenvalue weighted by molar-refractivity contribution is 0.128. The lowest BCUT2D eigenvalue weighted by Crippen LogP contribution is -2.39. The highest BCUT2D eigenvalue weighted by molar-refractivity contribution is 4.87. The van der Waals surface area contributed by atoms with Crippen molar-refractivity contribution in [3.63, 3.8) is 0 Å². The molecule has 1 heterocycles. The molecule has 2 nitrogen and oxygen atoms in total. The van der Waals surface area contributed by atoms with Gasteiger partial charge < -0.3 is 10.2 Å². The first-order valence-electron chi connectivity index (χ1n) is 8.49. The molecule has 0 aromatic heterocycles. The number of hydrogen-bond donors (Lipinski definition) is 1. The SMILES string of the molecule is CC(C)CNCC1CCN(C2CC(C)CC(C)C2)C1. The van der Waals surface area contributed by atoms with Gasteiger partial charge in [-0.3, -0.25) is 0 Å². The Morgan fingerprint density at radius 2 is 1.79 bits per heavy atom. The first-order valence-corrected chi connectivity index (χ1v) is 8.49. The van der Waals surface area contributed by atoms with E-state index in [1.807, 2.05) is 0 Å². The van der Waals surface area contributed by atoms with E-state index >= 15 is 0 Å². The van der Waals surface area contributed by atoms with E-state index in [1.165, 1.54) is 51.9 Å². The maximum absolute atomic E-state index is 3.64. The van der Waals surface area contributed by atoms with Gasteiger partial charge in [-0.2, -0.15) is 0 Å². The van der Waals surface area contributed by atoms with Gasteiger partial charge >= 0.3 is 0 Å². The summed E-state index contributed by atoms with van der Waals surface area (Å²) in [4.78, 5) is 2.80. The van der Waals surface area contributed by atoms with Gasteiger partial charge in [-0.15, -0.1) is 0 Å². The summed E-state index contributed by atoms with van der Waals surface area (Å²) in [5, 5.41) is 3.64. The molecule has 2 rings (SSSR count). The molecule has 0 aromatic rings. The molecule has 112 valence electrons. The van der Waals surface area contributed by atoms with Crippen molar-refractivity contribution in [1.82, 2.24) is 10.2 Å². The summed E-state index contributed by atoms with van der Waals surface area (Å²) in [5.74, 6) is 3.54. The Morgan fingerprint density at radius 1 is 1.11 bits per heavy atom. The van der Waals surface area contributed by atoms with Crippen molar-refractivity contribution in [1.29, 1.82) is 0 Å². The minimum atomic E-state index is 0.776. The summed E-state index contributed by atoms with van der Waals surface area (Å²) in [6, 6.07) is 0.883. The Hall–Kier alpha value is -0.0800. The van der Waals surface area contributed by atoms with E-state index in [2.05, 4.69) is 37.9 Å². The van der Waals surface area contributed by atoms with Crippen LogP contribution in [0.5, 0.6) is 0 Å². The molecule has 0 aromatic carbocycles. The summed E-state index contributed by atoms with van der Waals surface area (Å²) in [6.45, 7) is 14.6. The average molecular weight is 266 g/mol. The fourth-order valence-corrected chi connectivity index (χ4v) is 4.14. The van der Waals surface area contributed by atoms with Crippen molar-refractivity contribution >= 4 is 0 Å². The van der Waals surface area contributed by atoms with E-state index in [1.54, 1.807) is 0 Å². The van der Waals surface area contributed by atoms with E-state index in [9.17, 15) is 0 Å². The molecule has 0 radical (unpaired) electrons. The van der Waals surface area contributed by atoms with E-state index in [0.717, 1.165) is 29.7 Å². The van der Waals surface area contributed by atoms with Crippen LogP contribution >= 0.6 is 0 Å². The maximum Gasteiger partial charge on any atom is 0.0100 e. The number of nitrogens with one attached hydrogen (secondary N) is 1. The fourth-order valence-electron chi connectivity index (χ4n) is 4.14. The molecular weight excluding hydrogens is 232 g/mol. The summed E-state index contributed by atoms with van der Waals surface area (Å²) in [7, 11) is 0. The van der Waals surface area contributed by atoms with Gasteiger partial charge in [0.1, 0.15) is 0 Å². The van der Waals surface area contributed by atoms with Crippen LogP contribution in [-0.4, -0.2) is 37.1 Å². The summed E-state index contributed by atoms with van der Waals surface area (Å²) in [6.07, 6.45) is 5.74. The van der Waals surface area contributed by atoms with E-state index in [-0.39, 0.29) is 0 Å². The van der Waals surface area contributed by atoms with Gasteiger partial charge in [0, 0.05) is 12.6 Å². The zero-order chi connectivity index (χ0) is 13.8. The standard InChI is InChI=1S/C17H34N2/c1-13(2)10-18-11-16-5-6-19(12-16)17-8-14(3)7-15(4)9-17/h13-18H,5-12H2,1-4H3. The van der Waals surface area contributed by atoms with Crippen LogP contribution in [0.25, 0.3) is 0 Å². The van der Waals surface area contributed by atoms with Crippen molar-refractivity contribution in [3.05, 3.63) is 0 Å². The minimum absolute atomic E-state index is 0.776. The Balaban J connectivity index is 1.72. The van der Waals surface area contributed by atoms with Gasteiger partial charge in [-0.1, -0.05) is 27.7 Å². The number of likely N-dealkylation sites (tertiary alicyclic amines) is 1. The van der Waals surface area contributed by atoms with E-state index in [4.69, 9.17) is 0 Å². The quantitative estimate of drug-likeness (QED) is 0.820. The highest BCUT2D eigenvalue weighted by Crippen LogP contribution is 2.33. The first kappa shape index (κ1) is 15.3. The second kappa shape index (κ2) is 7.08. The molecule has 1 saturated heterocycles. The maximum atomic E-state index is 3.64. The second-order valence-electron chi connectivity index (χ2n) is 7.77. The number of hydrogen-bond acceptors (Lipinski definition) is 2. The Labute approximate surface area is 120 Å². The highest BCUT2D eigenvalue weighted by atomic mass is 15.2. The van der Waals surface area contributed by atoms with Gasteiger partial charge in [0.05, 0.1) is 0 Å². The number of nitrogens with zero attached hydrogens (tertiary/aromatic N) is 1. The van der Waals surface area contributed by atoms with Crippen LogP contribution in [-0.2, 0) is 0 Å². The Kier molecular flexibility index (Phi) is 5.70. The zero-order valence-corrected chi connectivity index (χ0v) is 13.5. The molecular formula is C17H34N2. The summed E-state index contributed by atoms with van der Waals surface area (Å²) >= 11 is 0. The van der Waals surface area contributed by atoms with Crippen molar-refractivity contribution < 1.29 is 0 Å². The van der Waals surface area contributed by atoms with Crippen molar-refractivity contribution in [2.75, 3.05) is 26.2 Å². The van der Waals surface area contributed by atoms with Gasteiger partial charge in [-0.25, -0.2) is 0 Å². The van der Waals surface area contributed by atoms with Gasteiger partial charge in [0.15, 0.2) is 0 Å². The average Bonchev–Trinajstić information content (AvgIpc) is 2.76. The molecule has 3 atom stereocenters. The van der Waals surface area contributed by atoms with Crippen LogP contribution in [0.2, 0.25) is 0 Å². The van der Waals surface area contributed by atoms with Crippen molar-refractivity contribution in [2.45, 2.75) is 59.4 Å².